The minimum atomic E-state index is 0.128. The molecule has 152 valence electrons. The molecule has 5 heteroatoms. The SMILES string of the molecule is CC(=O)c1cn(CCCN2CCC(Oc3ccc(Cl)cc3)CC2)c2ccccc12. The Hall–Kier alpha value is -2.30. The summed E-state index contributed by atoms with van der Waals surface area (Å²) < 4.78 is 8.31. The molecule has 0 atom stereocenters. The molecule has 0 spiro atoms. The van der Waals surface area contributed by atoms with Gasteiger partial charge < -0.3 is 14.2 Å². The zero-order valence-electron chi connectivity index (χ0n) is 16.8. The van der Waals surface area contributed by atoms with Crippen LogP contribution in [0, 0.1) is 0 Å². The minimum absolute atomic E-state index is 0.128. The number of para-hydroxylation sites is 1. The number of hydrogen-bond acceptors (Lipinski definition) is 3. The Morgan fingerprint density at radius 1 is 1.07 bits per heavy atom. The molecule has 4 nitrogen and oxygen atoms in total. The number of rotatable bonds is 7. The van der Waals surface area contributed by atoms with E-state index in [1.165, 1.54) is 0 Å². The average molecular weight is 411 g/mol. The number of aryl methyl sites for hydroxylation is 1. The van der Waals surface area contributed by atoms with Crippen LogP contribution in [0.2, 0.25) is 5.02 Å². The first kappa shape index (κ1) is 20.0. The van der Waals surface area contributed by atoms with Gasteiger partial charge in [0.05, 0.1) is 0 Å². The lowest BCUT2D eigenvalue weighted by Crippen LogP contribution is -2.38. The van der Waals surface area contributed by atoms with E-state index in [0.717, 1.165) is 72.7 Å². The number of hydrogen-bond donors (Lipinski definition) is 0. The predicted octanol–water partition coefficient (Wildman–Crippen LogP) is 5.43. The van der Waals surface area contributed by atoms with Gasteiger partial charge in [-0.3, -0.25) is 4.79 Å². The van der Waals surface area contributed by atoms with Crippen LogP contribution in [-0.2, 0) is 6.54 Å². The molecule has 29 heavy (non-hydrogen) atoms. The standard InChI is InChI=1S/C24H27ClN2O2/c1-18(28)23-17-27(24-6-3-2-5-22(23)24)14-4-13-26-15-11-21(12-16-26)29-20-9-7-19(25)8-10-20/h2-3,5-10,17,21H,4,11-16H2,1H3. The fourth-order valence-electron chi connectivity index (χ4n) is 4.13. The van der Waals surface area contributed by atoms with Crippen LogP contribution >= 0.6 is 11.6 Å². The number of carbonyl (C=O) groups is 1. The molecule has 0 N–H and O–H groups in total. The number of ketones is 1. The zero-order chi connectivity index (χ0) is 20.2. The van der Waals surface area contributed by atoms with Crippen LogP contribution in [0.4, 0.5) is 0 Å². The van der Waals surface area contributed by atoms with Crippen molar-refractivity contribution in [2.24, 2.45) is 0 Å². The summed E-state index contributed by atoms with van der Waals surface area (Å²) >= 11 is 5.93. The van der Waals surface area contributed by atoms with Gasteiger partial charge in [-0.05, 0) is 63.1 Å². The summed E-state index contributed by atoms with van der Waals surface area (Å²) in [6.45, 7) is 5.75. The molecule has 1 saturated heterocycles. The summed E-state index contributed by atoms with van der Waals surface area (Å²) in [5, 5.41) is 1.79. The lowest BCUT2D eigenvalue weighted by atomic mass is 10.1. The van der Waals surface area contributed by atoms with E-state index in [1.54, 1.807) is 6.92 Å². The Labute approximate surface area is 177 Å². The van der Waals surface area contributed by atoms with Gasteiger partial charge in [0, 0.05) is 47.3 Å². The minimum Gasteiger partial charge on any atom is -0.490 e. The number of aromatic nitrogens is 1. The van der Waals surface area contributed by atoms with Crippen LogP contribution in [0.15, 0.2) is 54.7 Å². The van der Waals surface area contributed by atoms with Gasteiger partial charge in [-0.15, -0.1) is 0 Å². The molecule has 0 saturated carbocycles. The fourth-order valence-corrected chi connectivity index (χ4v) is 4.26. The Morgan fingerprint density at radius 3 is 2.52 bits per heavy atom. The molecule has 1 fully saturated rings. The number of halogens is 1. The van der Waals surface area contributed by atoms with Crippen LogP contribution in [-0.4, -0.2) is 41.0 Å². The maximum Gasteiger partial charge on any atom is 0.161 e. The molecule has 3 aromatic rings. The number of ether oxygens (including phenoxy) is 1. The molecule has 0 aliphatic carbocycles. The Morgan fingerprint density at radius 2 is 1.79 bits per heavy atom. The van der Waals surface area contributed by atoms with Crippen molar-refractivity contribution in [2.75, 3.05) is 19.6 Å². The first-order valence-electron chi connectivity index (χ1n) is 10.3. The lowest BCUT2D eigenvalue weighted by Gasteiger charge is -2.32. The van der Waals surface area contributed by atoms with E-state index in [4.69, 9.17) is 16.3 Å². The van der Waals surface area contributed by atoms with Gasteiger partial charge in [0.25, 0.3) is 0 Å². The normalized spacial score (nSPS) is 15.7. The highest BCUT2D eigenvalue weighted by Crippen LogP contribution is 2.23. The quantitative estimate of drug-likeness (QED) is 0.487. The summed E-state index contributed by atoms with van der Waals surface area (Å²) in [5.41, 5.74) is 1.97. The van der Waals surface area contributed by atoms with Crippen molar-refractivity contribution in [1.29, 1.82) is 0 Å². The van der Waals surface area contributed by atoms with E-state index >= 15 is 0 Å². The lowest BCUT2D eigenvalue weighted by molar-refractivity contribution is 0.0993. The molecule has 1 aliphatic rings. The molecule has 1 aliphatic heterocycles. The molecule has 0 unspecified atom stereocenters. The topological polar surface area (TPSA) is 34.5 Å². The van der Waals surface area contributed by atoms with Crippen LogP contribution in [0.3, 0.4) is 0 Å². The van der Waals surface area contributed by atoms with Crippen molar-refractivity contribution >= 4 is 28.3 Å². The number of Topliss-reactive ketones (excluding diaryl/α,β-unsaturated/α-hetero) is 1. The molecular formula is C24H27ClN2O2. The second kappa shape index (κ2) is 9.02. The van der Waals surface area contributed by atoms with E-state index in [0.29, 0.717) is 0 Å². The van der Waals surface area contributed by atoms with Crippen molar-refractivity contribution in [3.8, 4) is 5.75 Å². The van der Waals surface area contributed by atoms with Gasteiger partial charge in [-0.25, -0.2) is 0 Å². The van der Waals surface area contributed by atoms with Crippen LogP contribution in [0.5, 0.6) is 5.75 Å². The third-order valence-electron chi connectivity index (χ3n) is 5.69. The number of fused-ring (bicyclic) bond motifs is 1. The highest BCUT2D eigenvalue weighted by molar-refractivity contribution is 6.30. The van der Waals surface area contributed by atoms with E-state index in [-0.39, 0.29) is 11.9 Å². The summed E-state index contributed by atoms with van der Waals surface area (Å²) in [4.78, 5) is 14.4. The van der Waals surface area contributed by atoms with Gasteiger partial charge in [0.2, 0.25) is 0 Å². The summed E-state index contributed by atoms with van der Waals surface area (Å²) in [6.07, 6.45) is 5.45. The molecule has 2 aromatic carbocycles. The molecule has 4 rings (SSSR count). The first-order chi connectivity index (χ1) is 14.1. The summed E-state index contributed by atoms with van der Waals surface area (Å²) in [6, 6.07) is 15.8. The van der Waals surface area contributed by atoms with Crippen molar-refractivity contribution in [3.05, 3.63) is 65.3 Å². The molecule has 0 radical (unpaired) electrons. The summed E-state index contributed by atoms with van der Waals surface area (Å²) in [5.74, 6) is 1.02. The molecule has 0 bridgehead atoms. The number of benzene rings is 2. The Bertz CT molecular complexity index is 972. The van der Waals surface area contributed by atoms with Gasteiger partial charge >= 0.3 is 0 Å². The molecule has 2 heterocycles. The van der Waals surface area contributed by atoms with Gasteiger partial charge in [0.15, 0.2) is 5.78 Å². The number of nitrogens with zero attached hydrogens (tertiary/aromatic N) is 2. The maximum absolute atomic E-state index is 11.9. The molecular weight excluding hydrogens is 384 g/mol. The second-order valence-corrected chi connectivity index (χ2v) is 8.21. The summed E-state index contributed by atoms with van der Waals surface area (Å²) in [7, 11) is 0. The number of carbonyl (C=O) groups excluding carboxylic acids is 1. The van der Waals surface area contributed by atoms with Gasteiger partial charge in [0.1, 0.15) is 11.9 Å². The van der Waals surface area contributed by atoms with Crippen LogP contribution < -0.4 is 4.74 Å². The Balaban J connectivity index is 1.26. The van der Waals surface area contributed by atoms with E-state index < -0.39 is 0 Å². The zero-order valence-corrected chi connectivity index (χ0v) is 17.6. The maximum atomic E-state index is 11.9. The monoisotopic (exact) mass is 410 g/mol. The predicted molar refractivity (Wildman–Crippen MR) is 118 cm³/mol. The smallest absolute Gasteiger partial charge is 0.161 e. The van der Waals surface area contributed by atoms with Crippen molar-refractivity contribution in [3.63, 3.8) is 0 Å². The number of piperidine rings is 1. The van der Waals surface area contributed by atoms with E-state index in [1.807, 2.05) is 48.7 Å². The molecule has 0 amide bonds. The van der Waals surface area contributed by atoms with Gasteiger partial charge in [-0.2, -0.15) is 0 Å². The average Bonchev–Trinajstić information content (AvgIpc) is 3.10. The van der Waals surface area contributed by atoms with Crippen LogP contribution in [0.25, 0.3) is 10.9 Å². The van der Waals surface area contributed by atoms with E-state index in [9.17, 15) is 4.79 Å². The third-order valence-corrected chi connectivity index (χ3v) is 5.94. The third kappa shape index (κ3) is 4.82. The van der Waals surface area contributed by atoms with Crippen LogP contribution in [0.1, 0.15) is 36.5 Å². The van der Waals surface area contributed by atoms with Crippen molar-refractivity contribution in [1.82, 2.24) is 9.47 Å². The first-order valence-corrected chi connectivity index (χ1v) is 10.7. The van der Waals surface area contributed by atoms with Gasteiger partial charge in [-0.1, -0.05) is 29.8 Å². The molecule has 1 aromatic heterocycles. The highest BCUT2D eigenvalue weighted by Gasteiger charge is 2.20. The van der Waals surface area contributed by atoms with Crippen molar-refractivity contribution in [2.45, 2.75) is 38.8 Å². The Kier molecular flexibility index (Phi) is 6.22. The van der Waals surface area contributed by atoms with Crippen molar-refractivity contribution < 1.29 is 9.53 Å². The second-order valence-electron chi connectivity index (χ2n) is 7.78. The highest BCUT2D eigenvalue weighted by atomic mass is 35.5. The van der Waals surface area contributed by atoms with E-state index in [2.05, 4.69) is 15.5 Å². The largest absolute Gasteiger partial charge is 0.490 e. The number of likely N-dealkylation sites (tertiary alicyclic amines) is 1. The fraction of sp³-hybridized carbons (Fsp3) is 0.375.